The van der Waals surface area contributed by atoms with E-state index in [9.17, 15) is 14.7 Å². The molecule has 0 aliphatic heterocycles. The van der Waals surface area contributed by atoms with Gasteiger partial charge in [-0.05, 0) is 38.6 Å². The van der Waals surface area contributed by atoms with Crippen molar-refractivity contribution in [2.24, 2.45) is 4.99 Å². The molecule has 1 amide bonds. The van der Waals surface area contributed by atoms with Crippen molar-refractivity contribution in [3.05, 3.63) is 42.1 Å². The molecule has 3 N–H and O–H groups in total. The van der Waals surface area contributed by atoms with E-state index in [1.54, 1.807) is 6.21 Å². The Kier molecular flexibility index (Phi) is 13.1. The summed E-state index contributed by atoms with van der Waals surface area (Å²) in [6, 6.07) is -0.992. The molecule has 156 valence electrons. The van der Waals surface area contributed by atoms with E-state index in [-0.39, 0.29) is 31.2 Å². The van der Waals surface area contributed by atoms with E-state index in [1.165, 1.54) is 12.5 Å². The topological polar surface area (TPSA) is 111 Å². The normalized spacial score (nSPS) is 12.8. The average molecular weight is 412 g/mol. The van der Waals surface area contributed by atoms with Crippen LogP contribution in [-0.2, 0) is 16.0 Å². The first-order chi connectivity index (χ1) is 13.0. The Labute approximate surface area is 172 Å². The summed E-state index contributed by atoms with van der Waals surface area (Å²) in [5.74, 6) is -1.43. The Bertz CT molecular complexity index is 667. The predicted molar refractivity (Wildman–Crippen MR) is 113 cm³/mol. The number of nitrogens with one attached hydrogen (secondary N) is 2. The monoisotopic (exact) mass is 411 g/mol. The van der Waals surface area contributed by atoms with Gasteiger partial charge in [-0.3, -0.25) is 9.79 Å². The molecule has 0 fully saturated rings. The number of amides is 1. The zero-order chi connectivity index (χ0) is 20.1. The van der Waals surface area contributed by atoms with Crippen LogP contribution in [0.3, 0.4) is 0 Å². The van der Waals surface area contributed by atoms with Crippen LogP contribution in [-0.4, -0.2) is 63.7 Å². The van der Waals surface area contributed by atoms with Crippen molar-refractivity contribution >= 4 is 30.5 Å². The number of nitrogens with zero attached hydrogens (tertiary/aromatic N) is 3. The van der Waals surface area contributed by atoms with Crippen LogP contribution in [0, 0.1) is 0 Å². The maximum Gasteiger partial charge on any atom is 0.326 e. The number of carboxylic acids is 1. The van der Waals surface area contributed by atoms with Gasteiger partial charge in [0.25, 0.3) is 0 Å². The molecule has 0 bridgehead atoms. The van der Waals surface area contributed by atoms with Gasteiger partial charge < -0.3 is 20.3 Å². The summed E-state index contributed by atoms with van der Waals surface area (Å²) >= 11 is 0. The van der Waals surface area contributed by atoms with Crippen molar-refractivity contribution in [2.45, 2.75) is 39.7 Å². The molecule has 0 aliphatic rings. The number of carbonyl (C=O) groups excluding carboxylic acids is 1. The number of aliphatic carboxylic acids is 1. The van der Waals surface area contributed by atoms with Crippen LogP contribution in [0.4, 0.5) is 0 Å². The lowest BCUT2D eigenvalue weighted by Gasteiger charge is -2.13. The molecule has 0 radical (unpaired) electrons. The van der Waals surface area contributed by atoms with Gasteiger partial charge in [0, 0.05) is 50.6 Å². The third-order valence-corrected chi connectivity index (χ3v) is 3.84. The summed E-state index contributed by atoms with van der Waals surface area (Å²) in [6.07, 6.45) is 10.9. The highest BCUT2D eigenvalue weighted by molar-refractivity contribution is 5.85. The van der Waals surface area contributed by atoms with Gasteiger partial charge >= 0.3 is 5.97 Å². The van der Waals surface area contributed by atoms with Crippen molar-refractivity contribution < 1.29 is 14.7 Å². The van der Waals surface area contributed by atoms with Crippen molar-refractivity contribution in [1.29, 1.82) is 0 Å². The highest BCUT2D eigenvalue weighted by atomic mass is 35.5. The molecule has 8 nitrogen and oxygen atoms in total. The van der Waals surface area contributed by atoms with E-state index >= 15 is 0 Å². The smallest absolute Gasteiger partial charge is 0.326 e. The zero-order valence-corrected chi connectivity index (χ0v) is 17.4. The first-order valence-electron chi connectivity index (χ1n) is 9.04. The zero-order valence-electron chi connectivity index (χ0n) is 16.6. The van der Waals surface area contributed by atoms with Crippen LogP contribution in [0.2, 0.25) is 0 Å². The predicted octanol–water partition coefficient (Wildman–Crippen LogP) is 2.21. The molecule has 28 heavy (non-hydrogen) atoms. The Hall–Kier alpha value is -2.61. The summed E-state index contributed by atoms with van der Waals surface area (Å²) in [4.78, 5) is 36.3. The van der Waals surface area contributed by atoms with Crippen LogP contribution < -0.4 is 5.32 Å². The fourth-order valence-electron chi connectivity index (χ4n) is 2.25. The first-order valence-corrected chi connectivity index (χ1v) is 9.04. The third kappa shape index (κ3) is 10.5. The summed E-state index contributed by atoms with van der Waals surface area (Å²) in [5, 5.41) is 11.7. The van der Waals surface area contributed by atoms with Gasteiger partial charge in [-0.1, -0.05) is 6.08 Å². The summed E-state index contributed by atoms with van der Waals surface area (Å²) in [6.45, 7) is 8.34. The number of aromatic amines is 1. The highest BCUT2D eigenvalue weighted by Gasteiger charge is 2.20. The Balaban J connectivity index is 0.00000729. The van der Waals surface area contributed by atoms with E-state index in [0.29, 0.717) is 12.2 Å². The molecule has 0 saturated heterocycles. The molecule has 1 atom stereocenters. The van der Waals surface area contributed by atoms with Crippen LogP contribution in [0.15, 0.2) is 41.4 Å². The van der Waals surface area contributed by atoms with Gasteiger partial charge in [-0.2, -0.15) is 0 Å². The molecule has 1 aromatic heterocycles. The standard InChI is InChI=1S/C19H29N5O3.ClH/c1-4-24(5-2)10-6-7-15(3)12-20-9-8-18(25)23-17(19(26)27)11-16-13-21-14-22-16;/h6-7,10,12-14,17H,4-5,8-9,11H2,1-3H3,(H,21,22)(H,23,25)(H,26,27);1H/b10-6+,15-7+,20-12?;/t17-;/m0./s1. The lowest BCUT2D eigenvalue weighted by Crippen LogP contribution is -2.42. The number of carbonyl (C=O) groups is 2. The van der Waals surface area contributed by atoms with Gasteiger partial charge in [-0.15, -0.1) is 12.4 Å². The maximum atomic E-state index is 11.9. The fourth-order valence-corrected chi connectivity index (χ4v) is 2.25. The fraction of sp³-hybridized carbons (Fsp3) is 0.474. The molecule has 0 spiro atoms. The minimum atomic E-state index is -1.08. The number of hydrogen-bond donors (Lipinski definition) is 3. The minimum Gasteiger partial charge on any atom is -0.480 e. The molecule has 0 unspecified atom stereocenters. The van der Waals surface area contributed by atoms with Crippen molar-refractivity contribution in [1.82, 2.24) is 20.2 Å². The van der Waals surface area contributed by atoms with Gasteiger partial charge in [0.05, 0.1) is 6.33 Å². The Morgan fingerprint density at radius 2 is 2.11 bits per heavy atom. The molecule has 1 rings (SSSR count). The van der Waals surface area contributed by atoms with E-state index in [0.717, 1.165) is 18.7 Å². The lowest BCUT2D eigenvalue weighted by molar-refractivity contribution is -0.141. The van der Waals surface area contributed by atoms with Crippen LogP contribution in [0.5, 0.6) is 0 Å². The van der Waals surface area contributed by atoms with Crippen LogP contribution in [0.1, 0.15) is 32.9 Å². The third-order valence-electron chi connectivity index (χ3n) is 3.84. The highest BCUT2D eigenvalue weighted by Crippen LogP contribution is 2.00. The van der Waals surface area contributed by atoms with Gasteiger partial charge in [0.2, 0.25) is 5.91 Å². The van der Waals surface area contributed by atoms with Gasteiger partial charge in [0.1, 0.15) is 6.04 Å². The molecular weight excluding hydrogens is 382 g/mol. The number of aliphatic imine (C=N–C) groups is 1. The number of halogens is 1. The van der Waals surface area contributed by atoms with E-state index in [4.69, 9.17) is 0 Å². The van der Waals surface area contributed by atoms with E-state index in [2.05, 4.69) is 39.0 Å². The Morgan fingerprint density at radius 3 is 2.68 bits per heavy atom. The second kappa shape index (κ2) is 14.4. The minimum absolute atomic E-state index is 0. The largest absolute Gasteiger partial charge is 0.480 e. The average Bonchev–Trinajstić information content (AvgIpc) is 3.15. The first kappa shape index (κ1) is 25.4. The molecule has 0 saturated carbocycles. The van der Waals surface area contributed by atoms with Gasteiger partial charge in [-0.25, -0.2) is 9.78 Å². The van der Waals surface area contributed by atoms with E-state index in [1.807, 2.05) is 25.3 Å². The van der Waals surface area contributed by atoms with Crippen LogP contribution >= 0.6 is 12.4 Å². The van der Waals surface area contributed by atoms with Gasteiger partial charge in [0.15, 0.2) is 0 Å². The second-order valence-electron chi connectivity index (χ2n) is 6.00. The summed E-state index contributed by atoms with van der Waals surface area (Å²) in [7, 11) is 0. The summed E-state index contributed by atoms with van der Waals surface area (Å²) in [5.41, 5.74) is 1.63. The molecular formula is C19H30ClN5O3. The molecule has 0 aliphatic carbocycles. The molecule has 1 aromatic rings. The number of carboxylic acid groups (broad SMARTS) is 1. The quantitative estimate of drug-likeness (QED) is 0.360. The van der Waals surface area contributed by atoms with Crippen molar-refractivity contribution in [3.8, 4) is 0 Å². The van der Waals surface area contributed by atoms with Crippen molar-refractivity contribution in [3.63, 3.8) is 0 Å². The Morgan fingerprint density at radius 1 is 1.39 bits per heavy atom. The molecule has 1 heterocycles. The number of imidazole rings is 1. The van der Waals surface area contributed by atoms with Crippen LogP contribution in [0.25, 0.3) is 0 Å². The molecule has 0 aromatic carbocycles. The summed E-state index contributed by atoms with van der Waals surface area (Å²) < 4.78 is 0. The number of H-pyrrole nitrogens is 1. The number of allylic oxidation sites excluding steroid dienone is 3. The van der Waals surface area contributed by atoms with E-state index < -0.39 is 12.0 Å². The number of rotatable bonds is 12. The molecule has 9 heteroatoms. The maximum absolute atomic E-state index is 11.9. The number of aromatic nitrogens is 2. The van der Waals surface area contributed by atoms with Crippen molar-refractivity contribution in [2.75, 3.05) is 19.6 Å². The lowest BCUT2D eigenvalue weighted by atomic mass is 10.1. The number of hydrogen-bond acceptors (Lipinski definition) is 5. The SMILES string of the molecule is CCN(/C=C/C=C(\C)C=NCCC(=O)N[C@@H](Cc1cnc[nH]1)C(=O)O)CC.Cl. The second-order valence-corrected chi connectivity index (χ2v) is 6.00.